The number of nitrogens with zero attached hydrogens (tertiary/aromatic N) is 4. The molecule has 0 amide bonds. The van der Waals surface area contributed by atoms with Crippen molar-refractivity contribution in [3.8, 4) is 0 Å². The van der Waals surface area contributed by atoms with Crippen LogP contribution >= 0.6 is 0 Å². The van der Waals surface area contributed by atoms with Gasteiger partial charge in [0.2, 0.25) is 0 Å². The fourth-order valence-corrected chi connectivity index (χ4v) is 3.72. The molecule has 6 heteroatoms. The lowest BCUT2D eigenvalue weighted by Crippen LogP contribution is -2.39. The molecule has 0 aliphatic carbocycles. The Morgan fingerprint density at radius 3 is 2.80 bits per heavy atom. The fourth-order valence-electron chi connectivity index (χ4n) is 3.72. The second-order valence-electron chi connectivity index (χ2n) is 6.62. The molecule has 0 bridgehead atoms. The average Bonchev–Trinajstić information content (AvgIpc) is 3.18. The van der Waals surface area contributed by atoms with E-state index in [1.54, 1.807) is 6.33 Å². The van der Waals surface area contributed by atoms with Crippen LogP contribution in [0, 0.1) is 0 Å². The van der Waals surface area contributed by atoms with Gasteiger partial charge in [-0.2, -0.15) is 0 Å². The Morgan fingerprint density at radius 2 is 1.96 bits per heavy atom. The van der Waals surface area contributed by atoms with E-state index in [1.165, 1.54) is 5.56 Å². The summed E-state index contributed by atoms with van der Waals surface area (Å²) in [6, 6.07) is 12.5. The second kappa shape index (κ2) is 7.37. The van der Waals surface area contributed by atoms with E-state index in [0.717, 1.165) is 44.1 Å². The Labute approximate surface area is 148 Å². The first-order chi connectivity index (χ1) is 12.3. The van der Waals surface area contributed by atoms with Gasteiger partial charge in [-0.3, -0.25) is 0 Å². The molecule has 2 saturated heterocycles. The summed E-state index contributed by atoms with van der Waals surface area (Å²) < 4.78 is 5.95. The van der Waals surface area contributed by atoms with Crippen LogP contribution in [0.2, 0.25) is 0 Å². The molecule has 2 aliphatic rings. The van der Waals surface area contributed by atoms with E-state index in [0.29, 0.717) is 6.61 Å². The smallest absolute Gasteiger partial charge is 0.134 e. The second-order valence-corrected chi connectivity index (χ2v) is 6.62. The lowest BCUT2D eigenvalue weighted by atomic mass is 10.1. The van der Waals surface area contributed by atoms with Crippen molar-refractivity contribution in [3.05, 3.63) is 48.3 Å². The molecule has 0 unspecified atom stereocenters. The van der Waals surface area contributed by atoms with Crippen LogP contribution in [0.5, 0.6) is 0 Å². The molecule has 25 heavy (non-hydrogen) atoms. The number of rotatable bonds is 4. The lowest BCUT2D eigenvalue weighted by Gasteiger charge is -2.34. The van der Waals surface area contributed by atoms with Gasteiger partial charge in [-0.1, -0.05) is 30.3 Å². The van der Waals surface area contributed by atoms with Gasteiger partial charge in [-0.15, -0.1) is 0 Å². The van der Waals surface area contributed by atoms with Crippen molar-refractivity contribution in [1.82, 2.24) is 9.97 Å². The molecule has 1 aromatic carbocycles. The van der Waals surface area contributed by atoms with Crippen LogP contribution in [0.25, 0.3) is 0 Å². The molecule has 2 atom stereocenters. The third-order valence-electron chi connectivity index (χ3n) is 5.08. The van der Waals surface area contributed by atoms with E-state index >= 15 is 0 Å². The zero-order valence-corrected chi connectivity index (χ0v) is 14.3. The number of hydrogen-bond acceptors (Lipinski definition) is 6. The topological polar surface area (TPSA) is 61.7 Å². The average molecular weight is 340 g/mol. The van der Waals surface area contributed by atoms with Gasteiger partial charge in [0.15, 0.2) is 0 Å². The van der Waals surface area contributed by atoms with E-state index in [9.17, 15) is 5.11 Å². The summed E-state index contributed by atoms with van der Waals surface area (Å²) in [5, 5.41) is 9.56. The van der Waals surface area contributed by atoms with Crippen molar-refractivity contribution >= 4 is 11.6 Å². The van der Waals surface area contributed by atoms with Crippen LogP contribution in [0.1, 0.15) is 24.5 Å². The van der Waals surface area contributed by atoms with Crippen molar-refractivity contribution in [3.63, 3.8) is 0 Å². The third-order valence-corrected chi connectivity index (χ3v) is 5.08. The van der Waals surface area contributed by atoms with Gasteiger partial charge in [-0.05, 0) is 18.4 Å². The summed E-state index contributed by atoms with van der Waals surface area (Å²) >= 11 is 0. The minimum absolute atomic E-state index is 0.0605. The lowest BCUT2D eigenvalue weighted by molar-refractivity contribution is 0.0395. The normalized spacial score (nSPS) is 23.9. The minimum Gasteiger partial charge on any atom is -0.394 e. The Balaban J connectivity index is 1.52. The maximum absolute atomic E-state index is 9.56. The number of ether oxygens (including phenoxy) is 1. The zero-order chi connectivity index (χ0) is 17.1. The van der Waals surface area contributed by atoms with Crippen LogP contribution in [0.4, 0.5) is 11.6 Å². The molecule has 4 rings (SSSR count). The van der Waals surface area contributed by atoms with E-state index in [2.05, 4.69) is 31.9 Å². The number of anilines is 2. The van der Waals surface area contributed by atoms with E-state index in [4.69, 9.17) is 4.74 Å². The molecule has 0 spiro atoms. The van der Waals surface area contributed by atoms with Gasteiger partial charge in [0.25, 0.3) is 0 Å². The first-order valence-corrected chi connectivity index (χ1v) is 8.96. The van der Waals surface area contributed by atoms with Gasteiger partial charge in [0, 0.05) is 25.7 Å². The summed E-state index contributed by atoms with van der Waals surface area (Å²) in [7, 11) is 0. The zero-order valence-electron chi connectivity index (χ0n) is 14.3. The summed E-state index contributed by atoms with van der Waals surface area (Å²) in [5.74, 6) is 1.84. The molecule has 0 radical (unpaired) electrons. The van der Waals surface area contributed by atoms with Crippen LogP contribution < -0.4 is 9.80 Å². The van der Waals surface area contributed by atoms with Crippen molar-refractivity contribution in [1.29, 1.82) is 0 Å². The largest absolute Gasteiger partial charge is 0.394 e. The molecule has 6 nitrogen and oxygen atoms in total. The Morgan fingerprint density at radius 1 is 1.12 bits per heavy atom. The van der Waals surface area contributed by atoms with Crippen molar-refractivity contribution in [2.75, 3.05) is 42.6 Å². The standard InChI is InChI=1S/C19H24N4O2/c24-13-16-7-4-8-23(16)19-11-18(20-14-21-19)22-9-10-25-17(12-22)15-5-2-1-3-6-15/h1-3,5-6,11,14,16-17,24H,4,7-10,12-13H2/t16-,17+/m1/s1. The number of aliphatic hydroxyl groups excluding tert-OH is 1. The molecule has 1 aromatic heterocycles. The highest BCUT2D eigenvalue weighted by Gasteiger charge is 2.27. The fraction of sp³-hybridized carbons (Fsp3) is 0.474. The molecular weight excluding hydrogens is 316 g/mol. The molecule has 0 saturated carbocycles. The molecule has 1 N–H and O–H groups in total. The van der Waals surface area contributed by atoms with Crippen molar-refractivity contribution < 1.29 is 9.84 Å². The van der Waals surface area contributed by atoms with E-state index < -0.39 is 0 Å². The first-order valence-electron chi connectivity index (χ1n) is 8.96. The molecule has 2 aliphatic heterocycles. The Kier molecular flexibility index (Phi) is 4.81. The molecular formula is C19H24N4O2. The highest BCUT2D eigenvalue weighted by atomic mass is 16.5. The quantitative estimate of drug-likeness (QED) is 0.919. The summed E-state index contributed by atoms with van der Waals surface area (Å²) in [5.41, 5.74) is 1.20. The number of morpholine rings is 1. The summed E-state index contributed by atoms with van der Waals surface area (Å²) in [4.78, 5) is 13.4. The van der Waals surface area contributed by atoms with Gasteiger partial charge in [0.1, 0.15) is 24.1 Å². The van der Waals surface area contributed by atoms with Crippen molar-refractivity contribution in [2.24, 2.45) is 0 Å². The minimum atomic E-state index is 0.0605. The maximum Gasteiger partial charge on any atom is 0.134 e. The van der Waals surface area contributed by atoms with Crippen LogP contribution in [-0.2, 0) is 4.74 Å². The maximum atomic E-state index is 9.56. The Hall–Kier alpha value is -2.18. The molecule has 132 valence electrons. The van der Waals surface area contributed by atoms with E-state index in [1.807, 2.05) is 24.3 Å². The Bertz CT molecular complexity index is 697. The van der Waals surface area contributed by atoms with Crippen LogP contribution in [-0.4, -0.2) is 54.0 Å². The van der Waals surface area contributed by atoms with Gasteiger partial charge >= 0.3 is 0 Å². The number of aliphatic hydroxyl groups is 1. The highest BCUT2D eigenvalue weighted by Crippen LogP contribution is 2.28. The monoisotopic (exact) mass is 340 g/mol. The molecule has 2 fully saturated rings. The van der Waals surface area contributed by atoms with Crippen molar-refractivity contribution in [2.45, 2.75) is 25.0 Å². The highest BCUT2D eigenvalue weighted by molar-refractivity contribution is 5.51. The van der Waals surface area contributed by atoms with Crippen LogP contribution in [0.15, 0.2) is 42.7 Å². The van der Waals surface area contributed by atoms with E-state index in [-0.39, 0.29) is 18.8 Å². The number of benzene rings is 1. The molecule has 3 heterocycles. The predicted molar refractivity (Wildman–Crippen MR) is 96.8 cm³/mol. The number of hydrogen-bond donors (Lipinski definition) is 1. The summed E-state index contributed by atoms with van der Waals surface area (Å²) in [6.45, 7) is 3.40. The molecule has 2 aromatic rings. The van der Waals surface area contributed by atoms with Crippen LogP contribution in [0.3, 0.4) is 0 Å². The van der Waals surface area contributed by atoms with Gasteiger partial charge in [0.05, 0.1) is 19.3 Å². The van der Waals surface area contributed by atoms with Gasteiger partial charge in [-0.25, -0.2) is 9.97 Å². The number of aromatic nitrogens is 2. The SMILES string of the molecule is OC[C@H]1CCCN1c1cc(N2CCO[C@H](c3ccccc3)C2)ncn1. The summed E-state index contributed by atoms with van der Waals surface area (Å²) in [6.07, 6.45) is 3.80. The predicted octanol–water partition coefficient (Wildman–Crippen LogP) is 2.02. The first kappa shape index (κ1) is 16.3. The van der Waals surface area contributed by atoms with Gasteiger partial charge < -0.3 is 19.6 Å². The third kappa shape index (κ3) is 3.45.